The van der Waals surface area contributed by atoms with E-state index in [0.717, 1.165) is 38.0 Å². The summed E-state index contributed by atoms with van der Waals surface area (Å²) in [6.45, 7) is 6.46. The molecule has 2 aliphatic rings. The van der Waals surface area contributed by atoms with Gasteiger partial charge in [0.15, 0.2) is 0 Å². The molecule has 1 aromatic rings. The molecule has 0 bridgehead atoms. The zero-order valence-corrected chi connectivity index (χ0v) is 14.3. The Kier molecular flexibility index (Phi) is 5.33. The molecule has 0 unspecified atom stereocenters. The molecule has 1 aromatic heterocycles. The first kappa shape index (κ1) is 16.5. The Bertz CT molecular complexity index is 522. The maximum absolute atomic E-state index is 12.3. The van der Waals surface area contributed by atoms with Crippen molar-refractivity contribution >= 4 is 5.91 Å². The largest absolute Gasteiger partial charge is 0.351 e. The van der Waals surface area contributed by atoms with E-state index in [4.69, 9.17) is 4.52 Å². The first-order valence-corrected chi connectivity index (χ1v) is 8.84. The van der Waals surface area contributed by atoms with Crippen molar-refractivity contribution < 1.29 is 9.32 Å². The van der Waals surface area contributed by atoms with Gasteiger partial charge in [-0.3, -0.25) is 9.69 Å². The Morgan fingerprint density at radius 1 is 1.35 bits per heavy atom. The number of carbonyl (C=O) groups is 1. The van der Waals surface area contributed by atoms with E-state index < -0.39 is 0 Å². The highest BCUT2D eigenvalue weighted by Gasteiger charge is 2.29. The molecule has 3 rings (SSSR count). The maximum atomic E-state index is 12.3. The normalized spacial score (nSPS) is 24.7. The van der Waals surface area contributed by atoms with Crippen LogP contribution >= 0.6 is 0 Å². The van der Waals surface area contributed by atoms with Gasteiger partial charge in [0.25, 0.3) is 5.91 Å². The summed E-state index contributed by atoms with van der Waals surface area (Å²) in [5.74, 6) is 0.200. The molecule has 23 heavy (non-hydrogen) atoms. The minimum Gasteiger partial charge on any atom is -0.351 e. The first-order valence-electron chi connectivity index (χ1n) is 8.84. The van der Waals surface area contributed by atoms with Gasteiger partial charge in [-0.25, -0.2) is 0 Å². The number of likely N-dealkylation sites (tertiary alicyclic amines) is 2. The van der Waals surface area contributed by atoms with Crippen LogP contribution in [0.1, 0.15) is 48.9 Å². The Morgan fingerprint density at radius 3 is 2.83 bits per heavy atom. The van der Waals surface area contributed by atoms with Gasteiger partial charge < -0.3 is 14.7 Å². The Morgan fingerprint density at radius 2 is 2.13 bits per heavy atom. The molecular weight excluding hydrogens is 292 g/mol. The van der Waals surface area contributed by atoms with Crippen molar-refractivity contribution in [3.63, 3.8) is 0 Å². The van der Waals surface area contributed by atoms with E-state index >= 15 is 0 Å². The molecule has 2 fully saturated rings. The molecule has 1 N–H and O–H groups in total. The number of rotatable bonds is 4. The summed E-state index contributed by atoms with van der Waals surface area (Å²) in [7, 11) is 2.19. The predicted octanol–water partition coefficient (Wildman–Crippen LogP) is 1.53. The van der Waals surface area contributed by atoms with Crippen LogP contribution in [0.5, 0.6) is 0 Å². The second-order valence-corrected chi connectivity index (χ2v) is 6.88. The van der Waals surface area contributed by atoms with Gasteiger partial charge in [0.05, 0.1) is 5.69 Å². The van der Waals surface area contributed by atoms with Gasteiger partial charge in [-0.15, -0.1) is 0 Å². The van der Waals surface area contributed by atoms with E-state index in [1.165, 1.54) is 25.9 Å². The van der Waals surface area contributed by atoms with Crippen molar-refractivity contribution in [3.8, 4) is 0 Å². The van der Waals surface area contributed by atoms with E-state index in [-0.39, 0.29) is 11.9 Å². The van der Waals surface area contributed by atoms with Crippen LogP contribution in [0, 0.1) is 0 Å². The van der Waals surface area contributed by atoms with Crippen molar-refractivity contribution in [1.29, 1.82) is 0 Å². The standard InChI is InChI=1S/C17H28N4O2/c1-3-13-11-16(23-19-13)17(22)18-14-5-4-8-21(12-14)15-6-9-20(2)10-7-15/h11,14-15H,3-10,12H2,1-2H3,(H,18,22)/t14-/m1/s1. The van der Waals surface area contributed by atoms with Gasteiger partial charge in [-0.2, -0.15) is 0 Å². The molecule has 128 valence electrons. The summed E-state index contributed by atoms with van der Waals surface area (Å²) in [5, 5.41) is 7.02. The third-order valence-corrected chi connectivity index (χ3v) is 5.14. The van der Waals surface area contributed by atoms with E-state index in [2.05, 4.69) is 27.3 Å². The van der Waals surface area contributed by atoms with Gasteiger partial charge in [-0.05, 0) is 58.8 Å². The quantitative estimate of drug-likeness (QED) is 0.911. The van der Waals surface area contributed by atoms with E-state index in [0.29, 0.717) is 11.8 Å². The molecule has 6 nitrogen and oxygen atoms in total. The summed E-state index contributed by atoms with van der Waals surface area (Å²) < 4.78 is 5.13. The molecular formula is C17H28N4O2. The Balaban J connectivity index is 1.53. The van der Waals surface area contributed by atoms with Crippen molar-refractivity contribution in [2.75, 3.05) is 33.2 Å². The third kappa shape index (κ3) is 4.12. The molecule has 2 saturated heterocycles. The monoisotopic (exact) mass is 320 g/mol. The number of nitrogens with one attached hydrogen (secondary N) is 1. The molecule has 0 radical (unpaired) electrons. The second kappa shape index (κ2) is 7.45. The third-order valence-electron chi connectivity index (χ3n) is 5.14. The van der Waals surface area contributed by atoms with E-state index in [9.17, 15) is 4.79 Å². The number of amides is 1. The maximum Gasteiger partial charge on any atom is 0.290 e. The summed E-state index contributed by atoms with van der Waals surface area (Å²) in [6, 6.07) is 2.63. The summed E-state index contributed by atoms with van der Waals surface area (Å²) in [6.07, 6.45) is 5.44. The number of hydrogen-bond donors (Lipinski definition) is 1. The minimum atomic E-state index is -0.132. The molecule has 0 saturated carbocycles. The van der Waals surface area contributed by atoms with Gasteiger partial charge in [0, 0.05) is 24.7 Å². The highest BCUT2D eigenvalue weighted by atomic mass is 16.5. The fourth-order valence-corrected chi connectivity index (χ4v) is 3.66. The SMILES string of the molecule is CCc1cc(C(=O)N[C@@H]2CCCN(C3CCN(C)CC3)C2)on1. The van der Waals surface area contributed by atoms with Crippen LogP contribution in [-0.2, 0) is 6.42 Å². The molecule has 3 heterocycles. The average molecular weight is 320 g/mol. The number of hydrogen-bond acceptors (Lipinski definition) is 5. The average Bonchev–Trinajstić information content (AvgIpc) is 3.05. The zero-order chi connectivity index (χ0) is 16.2. The number of carbonyl (C=O) groups excluding carboxylic acids is 1. The summed E-state index contributed by atoms with van der Waals surface area (Å²) >= 11 is 0. The van der Waals surface area contributed by atoms with Gasteiger partial charge in [0.2, 0.25) is 5.76 Å². The van der Waals surface area contributed by atoms with Crippen molar-refractivity contribution in [2.45, 2.75) is 51.1 Å². The zero-order valence-electron chi connectivity index (χ0n) is 14.3. The highest BCUT2D eigenvalue weighted by Crippen LogP contribution is 2.20. The molecule has 1 amide bonds. The smallest absolute Gasteiger partial charge is 0.290 e. The van der Waals surface area contributed by atoms with Crippen LogP contribution in [0.15, 0.2) is 10.6 Å². The van der Waals surface area contributed by atoms with E-state index in [1.807, 2.05) is 6.92 Å². The molecule has 6 heteroatoms. The second-order valence-electron chi connectivity index (χ2n) is 6.88. The number of nitrogens with zero attached hydrogens (tertiary/aromatic N) is 3. The molecule has 0 aromatic carbocycles. The van der Waals surface area contributed by atoms with Crippen LogP contribution < -0.4 is 5.32 Å². The number of piperidine rings is 2. The lowest BCUT2D eigenvalue weighted by Gasteiger charge is -2.41. The van der Waals surface area contributed by atoms with Crippen LogP contribution in [0.2, 0.25) is 0 Å². The summed E-state index contributed by atoms with van der Waals surface area (Å²) in [5.41, 5.74) is 0.826. The molecule has 2 aliphatic heterocycles. The lowest BCUT2D eigenvalue weighted by molar-refractivity contribution is 0.0744. The van der Waals surface area contributed by atoms with Crippen molar-refractivity contribution in [2.24, 2.45) is 0 Å². The minimum absolute atomic E-state index is 0.132. The fraction of sp³-hybridized carbons (Fsp3) is 0.765. The van der Waals surface area contributed by atoms with Crippen LogP contribution in [0.3, 0.4) is 0 Å². The molecule has 0 aliphatic carbocycles. The van der Waals surface area contributed by atoms with E-state index in [1.54, 1.807) is 6.07 Å². The van der Waals surface area contributed by atoms with Crippen LogP contribution in [-0.4, -0.2) is 66.2 Å². The Hall–Kier alpha value is -1.40. The molecule has 0 spiro atoms. The van der Waals surface area contributed by atoms with Crippen LogP contribution in [0.4, 0.5) is 0 Å². The summed E-state index contributed by atoms with van der Waals surface area (Å²) in [4.78, 5) is 17.3. The first-order chi connectivity index (χ1) is 11.2. The van der Waals surface area contributed by atoms with Gasteiger partial charge in [-0.1, -0.05) is 12.1 Å². The molecule has 1 atom stereocenters. The van der Waals surface area contributed by atoms with Gasteiger partial charge >= 0.3 is 0 Å². The fourth-order valence-electron chi connectivity index (χ4n) is 3.66. The lowest BCUT2D eigenvalue weighted by Crippen LogP contribution is -2.53. The predicted molar refractivity (Wildman–Crippen MR) is 88.5 cm³/mol. The van der Waals surface area contributed by atoms with Crippen molar-refractivity contribution in [1.82, 2.24) is 20.3 Å². The Labute approximate surface area is 138 Å². The van der Waals surface area contributed by atoms with Crippen molar-refractivity contribution in [3.05, 3.63) is 17.5 Å². The van der Waals surface area contributed by atoms with Crippen LogP contribution in [0.25, 0.3) is 0 Å². The number of aryl methyl sites for hydroxylation is 1. The van der Waals surface area contributed by atoms with Gasteiger partial charge in [0.1, 0.15) is 0 Å². The lowest BCUT2D eigenvalue weighted by atomic mass is 9.98. The topological polar surface area (TPSA) is 61.6 Å². The number of aromatic nitrogens is 1. The highest BCUT2D eigenvalue weighted by molar-refractivity contribution is 5.91.